The molecule has 3 fully saturated rings. The lowest BCUT2D eigenvalue weighted by molar-refractivity contribution is -0.133. The Kier molecular flexibility index (Phi) is 5.00. The van der Waals surface area contributed by atoms with E-state index in [-0.39, 0.29) is 12.3 Å². The van der Waals surface area contributed by atoms with E-state index in [4.69, 9.17) is 14.0 Å². The van der Waals surface area contributed by atoms with Crippen LogP contribution in [0.25, 0.3) is 0 Å². The van der Waals surface area contributed by atoms with E-state index in [0.29, 0.717) is 29.7 Å². The molecule has 0 unspecified atom stereocenters. The summed E-state index contributed by atoms with van der Waals surface area (Å²) in [5.74, 6) is 2.03. The zero-order valence-corrected chi connectivity index (χ0v) is 14.7. The Morgan fingerprint density at radius 1 is 1.28 bits per heavy atom. The van der Waals surface area contributed by atoms with Gasteiger partial charge in [0.2, 0.25) is 11.8 Å². The van der Waals surface area contributed by atoms with Crippen molar-refractivity contribution in [2.24, 2.45) is 11.8 Å². The topological polar surface area (TPSA) is 80.9 Å². The number of morpholine rings is 1. The second kappa shape index (κ2) is 7.39. The molecule has 3 aliphatic heterocycles. The third kappa shape index (κ3) is 3.86. The highest BCUT2D eigenvalue weighted by atomic mass is 16.5. The molecular weight excluding hydrogens is 324 g/mol. The van der Waals surface area contributed by atoms with Gasteiger partial charge in [0.25, 0.3) is 0 Å². The van der Waals surface area contributed by atoms with E-state index in [1.165, 1.54) is 0 Å². The first kappa shape index (κ1) is 16.9. The van der Waals surface area contributed by atoms with Crippen LogP contribution in [-0.4, -0.2) is 84.5 Å². The number of carbonyl (C=O) groups is 1. The molecule has 8 nitrogen and oxygen atoms in total. The van der Waals surface area contributed by atoms with E-state index in [0.717, 1.165) is 59.0 Å². The van der Waals surface area contributed by atoms with Gasteiger partial charge in [0, 0.05) is 38.6 Å². The molecule has 1 amide bonds. The molecule has 3 atom stereocenters. The van der Waals surface area contributed by atoms with E-state index < -0.39 is 0 Å². The molecule has 1 aromatic heterocycles. The van der Waals surface area contributed by atoms with Crippen LogP contribution in [0.2, 0.25) is 0 Å². The molecule has 0 spiro atoms. The van der Waals surface area contributed by atoms with Gasteiger partial charge in [0.15, 0.2) is 5.82 Å². The normalized spacial score (nSPS) is 30.4. The fourth-order valence-corrected chi connectivity index (χ4v) is 4.19. The van der Waals surface area contributed by atoms with Gasteiger partial charge in [-0.3, -0.25) is 9.69 Å². The fourth-order valence-electron chi connectivity index (χ4n) is 4.19. The lowest BCUT2D eigenvalue weighted by Crippen LogP contribution is -2.47. The number of piperidine rings is 1. The summed E-state index contributed by atoms with van der Waals surface area (Å²) in [6.45, 7) is 8.68. The molecule has 4 rings (SSSR count). The average molecular weight is 350 g/mol. The Hall–Kier alpha value is -1.51. The van der Waals surface area contributed by atoms with Crippen LogP contribution in [0.15, 0.2) is 4.52 Å². The number of nitrogens with zero attached hydrogens (tertiary/aromatic N) is 4. The van der Waals surface area contributed by atoms with Gasteiger partial charge in [-0.25, -0.2) is 0 Å². The van der Waals surface area contributed by atoms with Crippen LogP contribution in [0.1, 0.15) is 18.1 Å². The SMILES string of the molecule is Cc1noc(CC(=O)N2CC[C@@H]3[C@@H](CO[C@H]3CN3CCOCC3)C2)n1. The Morgan fingerprint density at radius 3 is 2.88 bits per heavy atom. The third-order valence-electron chi connectivity index (χ3n) is 5.56. The Morgan fingerprint density at radius 2 is 2.12 bits per heavy atom. The fraction of sp³-hybridized carbons (Fsp3) is 0.824. The summed E-state index contributed by atoms with van der Waals surface area (Å²) < 4.78 is 16.6. The minimum absolute atomic E-state index is 0.0683. The van der Waals surface area contributed by atoms with Crippen molar-refractivity contribution in [3.05, 3.63) is 11.7 Å². The van der Waals surface area contributed by atoms with Crippen molar-refractivity contribution in [1.29, 1.82) is 0 Å². The molecule has 3 aliphatic rings. The Labute approximate surface area is 147 Å². The van der Waals surface area contributed by atoms with Crippen LogP contribution < -0.4 is 0 Å². The van der Waals surface area contributed by atoms with Crippen LogP contribution >= 0.6 is 0 Å². The Bertz CT molecular complexity index is 601. The summed E-state index contributed by atoms with van der Waals surface area (Å²) in [5.41, 5.74) is 0. The molecule has 4 heterocycles. The quantitative estimate of drug-likeness (QED) is 0.763. The van der Waals surface area contributed by atoms with Crippen LogP contribution in [0.5, 0.6) is 0 Å². The number of likely N-dealkylation sites (tertiary alicyclic amines) is 1. The van der Waals surface area contributed by atoms with Crippen molar-refractivity contribution in [1.82, 2.24) is 19.9 Å². The third-order valence-corrected chi connectivity index (χ3v) is 5.56. The lowest BCUT2D eigenvalue weighted by Gasteiger charge is -2.37. The van der Waals surface area contributed by atoms with Crippen LogP contribution in [0.4, 0.5) is 0 Å². The summed E-state index contributed by atoms with van der Waals surface area (Å²) in [6, 6.07) is 0. The first-order valence-electron chi connectivity index (χ1n) is 9.17. The molecular formula is C17H26N4O4. The molecule has 138 valence electrons. The van der Waals surface area contributed by atoms with Gasteiger partial charge >= 0.3 is 0 Å². The van der Waals surface area contributed by atoms with Crippen LogP contribution in [0, 0.1) is 18.8 Å². The Balaban J connectivity index is 1.29. The van der Waals surface area contributed by atoms with Gasteiger partial charge in [0.1, 0.15) is 6.42 Å². The number of ether oxygens (including phenoxy) is 2. The number of amides is 1. The molecule has 8 heteroatoms. The number of aryl methyl sites for hydroxylation is 1. The zero-order valence-electron chi connectivity index (χ0n) is 14.7. The molecule has 0 bridgehead atoms. The van der Waals surface area contributed by atoms with Gasteiger partial charge in [-0.15, -0.1) is 0 Å². The number of hydrogen-bond donors (Lipinski definition) is 0. The van der Waals surface area contributed by atoms with Gasteiger partial charge in [-0.2, -0.15) is 4.98 Å². The predicted octanol–water partition coefficient (Wildman–Crippen LogP) is 0.116. The molecule has 0 aliphatic carbocycles. The number of carbonyl (C=O) groups excluding carboxylic acids is 1. The molecule has 0 saturated carbocycles. The molecule has 0 aromatic carbocycles. The molecule has 0 N–H and O–H groups in total. The number of fused-ring (bicyclic) bond motifs is 1. The van der Waals surface area contributed by atoms with E-state index in [1.807, 2.05) is 4.90 Å². The first-order valence-corrected chi connectivity index (χ1v) is 9.17. The lowest BCUT2D eigenvalue weighted by atomic mass is 9.84. The van der Waals surface area contributed by atoms with Gasteiger partial charge in [-0.1, -0.05) is 5.16 Å². The van der Waals surface area contributed by atoms with Gasteiger partial charge in [-0.05, 0) is 19.3 Å². The van der Waals surface area contributed by atoms with Crippen molar-refractivity contribution in [2.75, 3.05) is 52.5 Å². The van der Waals surface area contributed by atoms with E-state index in [1.54, 1.807) is 6.92 Å². The zero-order chi connectivity index (χ0) is 17.2. The summed E-state index contributed by atoms with van der Waals surface area (Å²) in [4.78, 5) is 21.0. The minimum atomic E-state index is 0.0683. The monoisotopic (exact) mass is 350 g/mol. The summed E-state index contributed by atoms with van der Waals surface area (Å²) in [5, 5.41) is 3.74. The van der Waals surface area contributed by atoms with Crippen LogP contribution in [0.3, 0.4) is 0 Å². The smallest absolute Gasteiger partial charge is 0.236 e. The first-order chi connectivity index (χ1) is 12.2. The molecule has 1 aromatic rings. The highest BCUT2D eigenvalue weighted by molar-refractivity contribution is 5.77. The van der Waals surface area contributed by atoms with Crippen molar-refractivity contribution in [3.63, 3.8) is 0 Å². The standard InChI is InChI=1S/C17H26N4O4/c1-12-18-16(25-19-12)8-17(22)21-3-2-14-13(9-21)11-24-15(14)10-20-4-6-23-7-5-20/h13-15H,2-11H2,1H3/t13-,14-,15+/m1/s1. The van der Waals surface area contributed by atoms with Crippen molar-refractivity contribution in [3.8, 4) is 0 Å². The maximum atomic E-state index is 12.5. The number of rotatable bonds is 4. The van der Waals surface area contributed by atoms with Crippen molar-refractivity contribution < 1.29 is 18.8 Å². The number of aromatic nitrogens is 2. The summed E-state index contributed by atoms with van der Waals surface area (Å²) >= 11 is 0. The average Bonchev–Trinajstić information content (AvgIpc) is 3.22. The molecule has 3 saturated heterocycles. The minimum Gasteiger partial charge on any atom is -0.379 e. The number of hydrogen-bond acceptors (Lipinski definition) is 7. The predicted molar refractivity (Wildman–Crippen MR) is 87.9 cm³/mol. The highest BCUT2D eigenvalue weighted by Gasteiger charge is 2.42. The molecule has 25 heavy (non-hydrogen) atoms. The second-order valence-corrected chi connectivity index (χ2v) is 7.25. The molecule has 0 radical (unpaired) electrons. The van der Waals surface area contributed by atoms with Crippen molar-refractivity contribution in [2.45, 2.75) is 25.9 Å². The highest BCUT2D eigenvalue weighted by Crippen LogP contribution is 2.35. The van der Waals surface area contributed by atoms with E-state index >= 15 is 0 Å². The van der Waals surface area contributed by atoms with E-state index in [2.05, 4.69) is 15.0 Å². The second-order valence-electron chi connectivity index (χ2n) is 7.25. The summed E-state index contributed by atoms with van der Waals surface area (Å²) in [6.07, 6.45) is 1.49. The maximum Gasteiger partial charge on any atom is 0.236 e. The van der Waals surface area contributed by atoms with E-state index in [9.17, 15) is 4.79 Å². The van der Waals surface area contributed by atoms with Gasteiger partial charge in [0.05, 0.1) is 25.9 Å². The van der Waals surface area contributed by atoms with Crippen LogP contribution in [-0.2, 0) is 20.7 Å². The van der Waals surface area contributed by atoms with Crippen molar-refractivity contribution >= 4 is 5.91 Å². The maximum absolute atomic E-state index is 12.5. The largest absolute Gasteiger partial charge is 0.379 e. The van der Waals surface area contributed by atoms with Gasteiger partial charge < -0.3 is 18.9 Å². The summed E-state index contributed by atoms with van der Waals surface area (Å²) in [7, 11) is 0.